The molecule has 0 aliphatic rings. The van der Waals surface area contributed by atoms with Crippen LogP contribution in [0, 0.1) is 5.92 Å². The average Bonchev–Trinajstić information content (AvgIpc) is 2.74. The minimum absolute atomic E-state index is 0.0814. The monoisotopic (exact) mass is 422 g/mol. The molecule has 168 valence electrons. The van der Waals surface area contributed by atoms with Crippen molar-refractivity contribution in [3.05, 3.63) is 70.6 Å². The predicted molar refractivity (Wildman–Crippen MR) is 132 cm³/mol. The van der Waals surface area contributed by atoms with E-state index in [1.807, 2.05) is 51.1 Å². The van der Waals surface area contributed by atoms with Crippen LogP contribution in [-0.2, 0) is 12.0 Å². The summed E-state index contributed by atoms with van der Waals surface area (Å²) in [4.78, 5) is 21.4. The topological polar surface area (TPSA) is 62.6 Å². The van der Waals surface area contributed by atoms with Gasteiger partial charge in [-0.25, -0.2) is 0 Å². The van der Waals surface area contributed by atoms with E-state index in [1.165, 1.54) is 0 Å². The van der Waals surface area contributed by atoms with Gasteiger partial charge in [-0.15, -0.1) is 0 Å². The molecule has 0 fully saturated rings. The van der Waals surface area contributed by atoms with Crippen molar-refractivity contribution in [3.8, 4) is 0 Å². The number of aliphatic imine (C=N–C) groups is 1. The van der Waals surface area contributed by atoms with Crippen LogP contribution in [-0.4, -0.2) is 21.6 Å². The first-order chi connectivity index (χ1) is 14.6. The Balaban J connectivity index is 0.00000233. The van der Waals surface area contributed by atoms with Crippen LogP contribution < -0.4 is 0 Å². The number of Topliss-reactive ketones (excluding diaryl/α,β-unsaturated/α-hetero) is 1. The van der Waals surface area contributed by atoms with E-state index in [0.29, 0.717) is 0 Å². The Kier molecular flexibility index (Phi) is 9.99. The third-order valence-corrected chi connectivity index (χ3v) is 4.95. The van der Waals surface area contributed by atoms with E-state index in [4.69, 9.17) is 4.99 Å². The first kappa shape index (κ1) is 26.4. The average molecular weight is 423 g/mol. The summed E-state index contributed by atoms with van der Waals surface area (Å²) in [6.07, 6.45) is 4.48. The van der Waals surface area contributed by atoms with Crippen molar-refractivity contribution in [1.29, 1.82) is 0 Å². The number of benzene rings is 1. The van der Waals surface area contributed by atoms with Gasteiger partial charge in [0, 0.05) is 22.9 Å². The fourth-order valence-electron chi connectivity index (χ4n) is 3.20. The molecule has 4 heteroatoms. The molecule has 0 saturated carbocycles. The lowest BCUT2D eigenvalue weighted by atomic mass is 9.97. The number of ketones is 1. The van der Waals surface area contributed by atoms with Crippen molar-refractivity contribution in [2.24, 2.45) is 10.9 Å². The molecule has 4 nitrogen and oxygen atoms in total. The molecule has 0 unspecified atom stereocenters. The first-order valence-corrected chi connectivity index (χ1v) is 11.2. The zero-order valence-corrected chi connectivity index (χ0v) is 20.6. The van der Waals surface area contributed by atoms with Gasteiger partial charge in [-0.1, -0.05) is 58.9 Å². The first-order valence-electron chi connectivity index (χ1n) is 11.2. The maximum Gasteiger partial charge on any atom is 0.160 e. The Bertz CT molecular complexity index is 931. The van der Waals surface area contributed by atoms with Crippen molar-refractivity contribution in [1.82, 2.24) is 4.98 Å². The van der Waals surface area contributed by atoms with Crippen molar-refractivity contribution < 1.29 is 9.90 Å². The van der Waals surface area contributed by atoms with E-state index in [-0.39, 0.29) is 11.7 Å². The number of aromatic nitrogens is 1. The number of aliphatic hydroxyl groups is 1. The molecule has 0 aliphatic carbocycles. The van der Waals surface area contributed by atoms with Crippen LogP contribution in [0.3, 0.4) is 0 Å². The molecular formula is C27H38N2O2. The fourth-order valence-corrected chi connectivity index (χ4v) is 3.20. The van der Waals surface area contributed by atoms with Gasteiger partial charge in [-0.05, 0) is 57.7 Å². The van der Waals surface area contributed by atoms with Crippen LogP contribution in [0.4, 0.5) is 0 Å². The van der Waals surface area contributed by atoms with Gasteiger partial charge >= 0.3 is 0 Å². The largest absolute Gasteiger partial charge is 0.386 e. The third kappa shape index (κ3) is 6.96. The number of allylic oxidation sites excluding steroid dienone is 1. The molecule has 0 bridgehead atoms. The minimum atomic E-state index is -0.926. The van der Waals surface area contributed by atoms with Crippen LogP contribution in [0.1, 0.15) is 95.1 Å². The van der Waals surface area contributed by atoms with Crippen LogP contribution in [0.2, 0.25) is 0 Å². The molecule has 0 radical (unpaired) electrons. The quantitative estimate of drug-likeness (QED) is 0.403. The van der Waals surface area contributed by atoms with Gasteiger partial charge in [0.25, 0.3) is 0 Å². The molecule has 1 heterocycles. The van der Waals surface area contributed by atoms with E-state index in [9.17, 15) is 9.90 Å². The number of hydrogen-bond donors (Lipinski definition) is 1. The predicted octanol–water partition coefficient (Wildman–Crippen LogP) is 6.61. The molecule has 0 saturated heterocycles. The summed E-state index contributed by atoms with van der Waals surface area (Å²) in [6.45, 7) is 17.3. The number of pyridine rings is 1. The standard InChI is InChI=1S/C25H32N2O2.C2H6/c1-8-18-14-19(10-12-21(18)17(5)28)22(9-2)27-24(16(3)4)23-13-11-20(15-26-23)25(6,7)29;1-2/h9-16,29H,8H2,1-7H3;1-2H3/b22-9-,27-24?;. The highest BCUT2D eigenvalue weighted by molar-refractivity contribution is 6.03. The SMILES string of the molecule is C/C=C(\N=C(c1ccc(C(C)(C)O)cn1)C(C)C)c1ccc(C(C)=O)c(CC)c1.CC. The highest BCUT2D eigenvalue weighted by atomic mass is 16.3. The smallest absolute Gasteiger partial charge is 0.160 e. The lowest BCUT2D eigenvalue weighted by Gasteiger charge is -2.18. The van der Waals surface area contributed by atoms with Gasteiger partial charge in [0.2, 0.25) is 0 Å². The Morgan fingerprint density at radius 1 is 1.19 bits per heavy atom. The van der Waals surface area contributed by atoms with Crippen LogP contribution in [0.15, 0.2) is 47.6 Å². The molecule has 1 aromatic heterocycles. The van der Waals surface area contributed by atoms with Crippen molar-refractivity contribution in [3.63, 3.8) is 0 Å². The number of carbonyl (C=O) groups is 1. The second-order valence-electron chi connectivity index (χ2n) is 8.10. The Labute approximate surface area is 188 Å². The van der Waals surface area contributed by atoms with Gasteiger partial charge < -0.3 is 5.11 Å². The maximum absolute atomic E-state index is 11.9. The second kappa shape index (κ2) is 11.7. The van der Waals surface area contributed by atoms with Crippen molar-refractivity contribution >= 4 is 17.2 Å². The maximum atomic E-state index is 11.9. The van der Waals surface area contributed by atoms with Crippen LogP contribution >= 0.6 is 0 Å². The highest BCUT2D eigenvalue weighted by Crippen LogP contribution is 2.24. The number of hydrogen-bond acceptors (Lipinski definition) is 4. The molecule has 2 rings (SSSR count). The summed E-state index contributed by atoms with van der Waals surface area (Å²) in [6, 6.07) is 9.71. The summed E-state index contributed by atoms with van der Waals surface area (Å²) < 4.78 is 0. The fraction of sp³-hybridized carbons (Fsp3) is 0.444. The number of aryl methyl sites for hydroxylation is 1. The molecule has 0 amide bonds. The normalized spacial score (nSPS) is 12.5. The van der Waals surface area contributed by atoms with E-state index in [1.54, 1.807) is 27.0 Å². The number of rotatable bonds is 7. The van der Waals surface area contributed by atoms with E-state index in [0.717, 1.165) is 45.8 Å². The molecule has 31 heavy (non-hydrogen) atoms. The molecule has 2 aromatic rings. The third-order valence-electron chi connectivity index (χ3n) is 4.95. The summed E-state index contributed by atoms with van der Waals surface area (Å²) in [5, 5.41) is 10.2. The van der Waals surface area contributed by atoms with Crippen LogP contribution in [0.25, 0.3) is 5.70 Å². The summed E-state index contributed by atoms with van der Waals surface area (Å²) in [7, 11) is 0. The van der Waals surface area contributed by atoms with Gasteiger partial charge in [-0.2, -0.15) is 0 Å². The zero-order chi connectivity index (χ0) is 23.8. The Hall–Kier alpha value is -2.59. The molecule has 1 aromatic carbocycles. The lowest BCUT2D eigenvalue weighted by Crippen LogP contribution is -2.17. The number of nitrogens with zero attached hydrogens (tertiary/aromatic N) is 2. The second-order valence-corrected chi connectivity index (χ2v) is 8.10. The van der Waals surface area contributed by atoms with Crippen molar-refractivity contribution in [2.75, 3.05) is 0 Å². The van der Waals surface area contributed by atoms with Gasteiger partial charge in [0.05, 0.1) is 22.7 Å². The van der Waals surface area contributed by atoms with Gasteiger partial charge in [-0.3, -0.25) is 14.8 Å². The summed E-state index contributed by atoms with van der Waals surface area (Å²) in [5.41, 5.74) is 5.16. The van der Waals surface area contributed by atoms with E-state index < -0.39 is 5.60 Å². The van der Waals surface area contributed by atoms with Crippen molar-refractivity contribution in [2.45, 2.75) is 74.3 Å². The lowest BCUT2D eigenvalue weighted by molar-refractivity contribution is 0.0782. The number of carbonyl (C=O) groups excluding carboxylic acids is 1. The molecule has 0 atom stereocenters. The minimum Gasteiger partial charge on any atom is -0.386 e. The molecule has 0 aliphatic heterocycles. The molecule has 1 N–H and O–H groups in total. The van der Waals surface area contributed by atoms with Gasteiger partial charge in [0.1, 0.15) is 0 Å². The highest BCUT2D eigenvalue weighted by Gasteiger charge is 2.18. The van der Waals surface area contributed by atoms with E-state index in [2.05, 4.69) is 31.8 Å². The van der Waals surface area contributed by atoms with Crippen LogP contribution in [0.5, 0.6) is 0 Å². The molecule has 0 spiro atoms. The molecular weight excluding hydrogens is 384 g/mol. The summed E-state index contributed by atoms with van der Waals surface area (Å²) in [5.74, 6) is 0.255. The zero-order valence-electron chi connectivity index (χ0n) is 20.6. The summed E-state index contributed by atoms with van der Waals surface area (Å²) >= 11 is 0. The Morgan fingerprint density at radius 2 is 1.84 bits per heavy atom. The van der Waals surface area contributed by atoms with Gasteiger partial charge in [0.15, 0.2) is 5.78 Å². The Morgan fingerprint density at radius 3 is 2.26 bits per heavy atom. The van der Waals surface area contributed by atoms with E-state index >= 15 is 0 Å².